The third kappa shape index (κ3) is 5.11. The molecular formula is C30H30Cl2N2O2. The summed E-state index contributed by atoms with van der Waals surface area (Å²) in [6.45, 7) is 14.1. The Morgan fingerprint density at radius 2 is 1.50 bits per heavy atom. The lowest BCUT2D eigenvalue weighted by molar-refractivity contribution is -0.114. The molecule has 1 aliphatic carbocycles. The third-order valence-electron chi connectivity index (χ3n) is 6.09. The monoisotopic (exact) mass is 520 g/mol. The molecular weight excluding hydrogens is 491 g/mol. The van der Waals surface area contributed by atoms with Crippen LogP contribution in [0.25, 0.3) is 16.7 Å². The summed E-state index contributed by atoms with van der Waals surface area (Å²) in [6.07, 6.45) is 3.76. The van der Waals surface area contributed by atoms with Crippen molar-refractivity contribution in [2.45, 2.75) is 48.5 Å². The standard InChI is InChI=1S/C30H30Cl2N2O2/c1-17-12-13-23(22(31)14-17)33-34-26(28-25(32)19-10-8-9-11-24(19)36-28)18-15-20(29(2,3)4)27(35)21(16-18)30(5,6)7/h8-16H,1-7H3. The maximum atomic E-state index is 13.5. The Kier molecular flexibility index (Phi) is 6.89. The lowest BCUT2D eigenvalue weighted by Crippen LogP contribution is -2.28. The average molecular weight is 521 g/mol. The van der Waals surface area contributed by atoms with Crippen molar-refractivity contribution in [1.29, 1.82) is 0 Å². The normalized spacial score (nSPS) is 15.0. The summed E-state index contributed by atoms with van der Waals surface area (Å²) in [5.41, 5.74) is 3.96. The number of carbonyl (C=O) groups excluding carboxylic acids is 1. The van der Waals surface area contributed by atoms with Gasteiger partial charge >= 0.3 is 0 Å². The van der Waals surface area contributed by atoms with E-state index in [1.165, 1.54) is 0 Å². The number of nitrogens with zero attached hydrogens (tertiary/aromatic N) is 2. The minimum atomic E-state index is -0.382. The highest BCUT2D eigenvalue weighted by molar-refractivity contribution is 6.37. The van der Waals surface area contributed by atoms with Gasteiger partial charge < -0.3 is 4.42 Å². The lowest BCUT2D eigenvalue weighted by Gasteiger charge is -2.31. The number of allylic oxidation sites excluding steroid dienone is 5. The minimum Gasteiger partial charge on any atom is -0.453 e. The molecule has 1 heterocycles. The van der Waals surface area contributed by atoms with Gasteiger partial charge in [0.05, 0.1) is 10.0 Å². The summed E-state index contributed by atoms with van der Waals surface area (Å²) in [4.78, 5) is 13.5. The molecule has 1 aliphatic rings. The van der Waals surface area contributed by atoms with Crippen molar-refractivity contribution >= 4 is 51.3 Å². The predicted molar refractivity (Wildman–Crippen MR) is 149 cm³/mol. The van der Waals surface area contributed by atoms with Gasteiger partial charge in [0.15, 0.2) is 11.5 Å². The van der Waals surface area contributed by atoms with Crippen LogP contribution >= 0.6 is 23.2 Å². The van der Waals surface area contributed by atoms with Gasteiger partial charge in [0.2, 0.25) is 0 Å². The van der Waals surface area contributed by atoms with Gasteiger partial charge in [-0.3, -0.25) is 4.79 Å². The molecule has 36 heavy (non-hydrogen) atoms. The van der Waals surface area contributed by atoms with Crippen LogP contribution in [0.3, 0.4) is 0 Å². The number of ketones is 1. The van der Waals surface area contributed by atoms with Gasteiger partial charge in [0.25, 0.3) is 0 Å². The minimum absolute atomic E-state index is 0.0346. The molecule has 3 aromatic rings. The van der Waals surface area contributed by atoms with Crippen LogP contribution in [0.5, 0.6) is 0 Å². The molecule has 6 heteroatoms. The maximum Gasteiger partial charge on any atom is 0.186 e. The van der Waals surface area contributed by atoms with E-state index in [0.717, 1.165) is 10.9 Å². The predicted octanol–water partition coefficient (Wildman–Crippen LogP) is 10.1. The van der Waals surface area contributed by atoms with Crippen LogP contribution in [0.2, 0.25) is 10.0 Å². The number of para-hydroxylation sites is 1. The Labute approximate surface area is 222 Å². The summed E-state index contributed by atoms with van der Waals surface area (Å²) in [7, 11) is 0. The number of Topliss-reactive ketones (excluding diaryl/α,β-unsaturated/α-hetero) is 1. The van der Waals surface area contributed by atoms with Gasteiger partial charge in [0.1, 0.15) is 17.0 Å². The van der Waals surface area contributed by atoms with Crippen LogP contribution in [0.1, 0.15) is 52.9 Å². The topological polar surface area (TPSA) is 54.9 Å². The van der Waals surface area contributed by atoms with E-state index in [1.54, 1.807) is 0 Å². The fourth-order valence-corrected chi connectivity index (χ4v) is 4.63. The number of fused-ring (bicyclic) bond motifs is 1. The summed E-state index contributed by atoms with van der Waals surface area (Å²) in [5.74, 6) is 0.426. The number of aryl methyl sites for hydroxylation is 1. The molecule has 186 valence electrons. The van der Waals surface area contributed by atoms with E-state index >= 15 is 0 Å². The zero-order valence-electron chi connectivity index (χ0n) is 21.7. The number of benzene rings is 2. The Balaban J connectivity index is 2.04. The van der Waals surface area contributed by atoms with E-state index in [4.69, 9.17) is 27.6 Å². The first kappa shape index (κ1) is 26.1. The molecule has 0 amide bonds. The molecule has 2 aromatic carbocycles. The van der Waals surface area contributed by atoms with Gasteiger partial charge in [0, 0.05) is 22.1 Å². The van der Waals surface area contributed by atoms with E-state index < -0.39 is 0 Å². The number of rotatable bonds is 3. The van der Waals surface area contributed by atoms with Gasteiger partial charge in [-0.25, -0.2) is 0 Å². The van der Waals surface area contributed by atoms with Crippen LogP contribution in [0.15, 0.2) is 86.0 Å². The number of hydrogen-bond donors (Lipinski definition) is 0. The quantitative estimate of drug-likeness (QED) is 0.322. The Hall–Kier alpha value is -2.95. The first-order valence-electron chi connectivity index (χ1n) is 11.9. The van der Waals surface area contributed by atoms with E-state index in [-0.39, 0.29) is 16.6 Å². The van der Waals surface area contributed by atoms with E-state index in [9.17, 15) is 4.79 Å². The molecule has 0 unspecified atom stereocenters. The number of azo groups is 1. The summed E-state index contributed by atoms with van der Waals surface area (Å²) < 4.78 is 6.20. The summed E-state index contributed by atoms with van der Waals surface area (Å²) in [6, 6.07) is 13.1. The zero-order valence-corrected chi connectivity index (χ0v) is 23.2. The molecule has 0 fully saturated rings. The molecule has 1 aromatic heterocycles. The molecule has 0 saturated heterocycles. The lowest BCUT2D eigenvalue weighted by atomic mass is 9.71. The molecule has 0 atom stereocenters. The third-order valence-corrected chi connectivity index (χ3v) is 6.77. The highest BCUT2D eigenvalue weighted by atomic mass is 35.5. The molecule has 0 radical (unpaired) electrons. The fraction of sp³-hybridized carbons (Fsp3) is 0.300. The van der Waals surface area contributed by atoms with Crippen LogP contribution in [0.4, 0.5) is 5.69 Å². The van der Waals surface area contributed by atoms with Crippen molar-refractivity contribution in [3.05, 3.63) is 92.7 Å². The Bertz CT molecular complexity index is 1450. The second-order valence-electron chi connectivity index (χ2n) is 11.1. The van der Waals surface area contributed by atoms with Crippen molar-refractivity contribution < 1.29 is 9.21 Å². The number of hydrogen-bond acceptors (Lipinski definition) is 4. The smallest absolute Gasteiger partial charge is 0.186 e. The molecule has 0 N–H and O–H groups in total. The van der Waals surface area contributed by atoms with Gasteiger partial charge in [-0.15, -0.1) is 10.2 Å². The van der Waals surface area contributed by atoms with Crippen LogP contribution in [-0.4, -0.2) is 5.78 Å². The van der Waals surface area contributed by atoms with Crippen molar-refractivity contribution in [2.24, 2.45) is 21.1 Å². The van der Waals surface area contributed by atoms with Crippen molar-refractivity contribution in [1.82, 2.24) is 0 Å². The Morgan fingerprint density at radius 1 is 0.889 bits per heavy atom. The highest BCUT2D eigenvalue weighted by Gasteiger charge is 2.35. The van der Waals surface area contributed by atoms with E-state index in [2.05, 4.69) is 10.2 Å². The molecule has 0 aliphatic heterocycles. The molecule has 0 spiro atoms. The van der Waals surface area contributed by atoms with Crippen LogP contribution in [0, 0.1) is 17.8 Å². The number of carbonyl (C=O) groups is 1. The first-order chi connectivity index (χ1) is 16.8. The fourth-order valence-electron chi connectivity index (χ4n) is 4.08. The average Bonchev–Trinajstić information content (AvgIpc) is 3.11. The van der Waals surface area contributed by atoms with E-state index in [1.807, 2.05) is 103 Å². The van der Waals surface area contributed by atoms with Gasteiger partial charge in [-0.2, -0.15) is 0 Å². The second-order valence-corrected chi connectivity index (χ2v) is 11.9. The summed E-state index contributed by atoms with van der Waals surface area (Å²) >= 11 is 13.3. The second kappa shape index (κ2) is 9.49. The molecule has 4 nitrogen and oxygen atoms in total. The van der Waals surface area contributed by atoms with Crippen molar-refractivity contribution in [3.8, 4) is 0 Å². The highest BCUT2D eigenvalue weighted by Crippen LogP contribution is 2.43. The van der Waals surface area contributed by atoms with Crippen LogP contribution in [-0.2, 0) is 4.79 Å². The Morgan fingerprint density at radius 3 is 2.06 bits per heavy atom. The van der Waals surface area contributed by atoms with Crippen molar-refractivity contribution in [2.75, 3.05) is 0 Å². The summed E-state index contributed by atoms with van der Waals surface area (Å²) in [5, 5.41) is 10.8. The first-order valence-corrected chi connectivity index (χ1v) is 12.6. The largest absolute Gasteiger partial charge is 0.453 e. The maximum absolute atomic E-state index is 13.5. The number of halogens is 2. The van der Waals surface area contributed by atoms with E-state index in [0.29, 0.717) is 49.5 Å². The SMILES string of the molecule is Cc1ccc(N=NC(=C2C=C(C(C)(C)C)C(=O)C(C(C)(C)C)=C2)c2oc3ccccc3c2Cl)c(Cl)c1. The molecule has 0 bridgehead atoms. The number of furan rings is 1. The molecule has 4 rings (SSSR count). The van der Waals surface area contributed by atoms with Crippen LogP contribution < -0.4 is 0 Å². The van der Waals surface area contributed by atoms with Crippen molar-refractivity contribution in [3.63, 3.8) is 0 Å². The van der Waals surface area contributed by atoms with Gasteiger partial charge in [-0.1, -0.05) is 82.9 Å². The van der Waals surface area contributed by atoms with Gasteiger partial charge in [-0.05, 0) is 59.7 Å². The molecule has 0 saturated carbocycles. The zero-order chi connectivity index (χ0) is 26.4.